The SMILES string of the molecule is CC(C)(C)Oc1cccc(S(OS(=O)(=O)CC23CCC(CC2=O)C3(C)C)(c2cccc(OC(C)(C)C)c2)c2cccc(OC(C)(C)C)c2)c1. The molecule has 0 saturated heterocycles. The van der Waals surface area contributed by atoms with E-state index in [1.807, 2.05) is 149 Å². The lowest BCUT2D eigenvalue weighted by molar-refractivity contribution is -0.128. The van der Waals surface area contributed by atoms with Crippen LogP contribution in [-0.4, -0.2) is 36.8 Å². The molecule has 268 valence electrons. The molecule has 2 unspecified atom stereocenters. The molecule has 2 atom stereocenters. The van der Waals surface area contributed by atoms with Gasteiger partial charge in [0.1, 0.15) is 39.8 Å². The molecule has 5 rings (SSSR count). The second kappa shape index (κ2) is 12.6. The van der Waals surface area contributed by atoms with Gasteiger partial charge in [0.15, 0.2) is 0 Å². The Labute approximate surface area is 295 Å². The van der Waals surface area contributed by atoms with E-state index in [0.29, 0.717) is 44.8 Å². The molecule has 0 heterocycles. The molecule has 0 aromatic heterocycles. The fourth-order valence-corrected chi connectivity index (χ4v) is 13.5. The van der Waals surface area contributed by atoms with Gasteiger partial charge in [0, 0.05) is 21.1 Å². The van der Waals surface area contributed by atoms with Gasteiger partial charge in [0.25, 0.3) is 10.1 Å². The number of carbonyl (C=O) groups excluding carboxylic acids is 1. The molecule has 0 spiro atoms. The van der Waals surface area contributed by atoms with Gasteiger partial charge < -0.3 is 14.2 Å². The highest BCUT2D eigenvalue weighted by Gasteiger charge is 2.66. The Kier molecular flexibility index (Phi) is 9.61. The molecule has 2 bridgehead atoms. The Bertz CT molecular complexity index is 1660. The van der Waals surface area contributed by atoms with Gasteiger partial charge in [-0.1, -0.05) is 32.0 Å². The maximum atomic E-state index is 14.8. The molecule has 0 aliphatic heterocycles. The van der Waals surface area contributed by atoms with E-state index in [1.165, 1.54) is 0 Å². The predicted molar refractivity (Wildman–Crippen MR) is 196 cm³/mol. The second-order valence-corrected chi connectivity index (χ2v) is 21.5. The number of ether oxygens (including phenoxy) is 3. The Morgan fingerprint density at radius 1 is 0.673 bits per heavy atom. The van der Waals surface area contributed by atoms with Gasteiger partial charge in [-0.05, 0) is 151 Å². The lowest BCUT2D eigenvalue weighted by Crippen LogP contribution is -2.42. The third-order valence-electron chi connectivity index (χ3n) is 9.45. The zero-order valence-electron chi connectivity index (χ0n) is 31.0. The van der Waals surface area contributed by atoms with Crippen molar-refractivity contribution in [2.75, 3.05) is 5.75 Å². The first-order valence-corrected chi connectivity index (χ1v) is 20.3. The van der Waals surface area contributed by atoms with Crippen LogP contribution in [0.3, 0.4) is 0 Å². The van der Waals surface area contributed by atoms with Crippen LogP contribution in [0.25, 0.3) is 0 Å². The van der Waals surface area contributed by atoms with Crippen LogP contribution in [0.4, 0.5) is 0 Å². The van der Waals surface area contributed by atoms with Crippen LogP contribution in [0.15, 0.2) is 87.5 Å². The van der Waals surface area contributed by atoms with Crippen molar-refractivity contribution < 1.29 is 31.1 Å². The van der Waals surface area contributed by atoms with Crippen LogP contribution < -0.4 is 14.2 Å². The quantitative estimate of drug-likeness (QED) is 0.207. The molecule has 2 aliphatic carbocycles. The largest absolute Gasteiger partial charge is 0.488 e. The van der Waals surface area contributed by atoms with E-state index < -0.39 is 48.1 Å². The van der Waals surface area contributed by atoms with Crippen LogP contribution in [0, 0.1) is 16.7 Å². The van der Waals surface area contributed by atoms with Crippen LogP contribution in [0.2, 0.25) is 0 Å². The van der Waals surface area contributed by atoms with Crippen LogP contribution in [-0.2, 0) is 18.5 Å². The van der Waals surface area contributed by atoms with Crippen LogP contribution in [0.1, 0.15) is 95.4 Å². The summed E-state index contributed by atoms with van der Waals surface area (Å²) in [4.78, 5) is 15.5. The maximum absolute atomic E-state index is 14.8. The van der Waals surface area contributed by atoms with Gasteiger partial charge in [-0.15, -0.1) is 0 Å². The van der Waals surface area contributed by atoms with Crippen molar-refractivity contribution in [1.82, 2.24) is 0 Å². The average Bonchev–Trinajstić information content (AvgIpc) is 3.28. The number of ketones is 1. The minimum absolute atomic E-state index is 0.0169. The maximum Gasteiger partial charge on any atom is 0.278 e. The highest BCUT2D eigenvalue weighted by atomic mass is 32.3. The predicted octanol–water partition coefficient (Wildman–Crippen LogP) is 10.2. The molecule has 0 radical (unpaired) electrons. The highest BCUT2D eigenvalue weighted by Crippen LogP contribution is 2.72. The standard InChI is InChI=1S/C40H54O7S2/c1-36(2,3)44-29-15-12-18-32(24-29)49(33-19-13-16-30(25-33)45-37(4,5)6,34-20-14-17-31(26-34)46-38(7,8)9)47-48(42,43)27-40-22-21-28(23-35(40)41)39(40,10)11/h12-20,24-26,28H,21-23,27H2,1-11H3. The molecular weight excluding hydrogens is 657 g/mol. The number of hydrogen-bond acceptors (Lipinski definition) is 7. The van der Waals surface area contributed by atoms with E-state index in [2.05, 4.69) is 0 Å². The number of hydrogen-bond donors (Lipinski definition) is 0. The summed E-state index contributed by atoms with van der Waals surface area (Å²) in [6, 6.07) is 22.5. The van der Waals surface area contributed by atoms with Crippen molar-refractivity contribution in [3.05, 3.63) is 72.8 Å². The fraction of sp³-hybridized carbons (Fsp3) is 0.525. The van der Waals surface area contributed by atoms with E-state index in [9.17, 15) is 13.2 Å². The summed E-state index contributed by atoms with van der Waals surface area (Å²) in [5.74, 6) is 1.54. The Hall–Kier alpha value is -3.01. The summed E-state index contributed by atoms with van der Waals surface area (Å²) >= 11 is 0. The monoisotopic (exact) mass is 710 g/mol. The molecule has 7 nitrogen and oxygen atoms in total. The Morgan fingerprint density at radius 3 is 1.37 bits per heavy atom. The van der Waals surface area contributed by atoms with Crippen molar-refractivity contribution in [1.29, 1.82) is 0 Å². The average molecular weight is 711 g/mol. The fourth-order valence-electron chi connectivity index (χ4n) is 7.33. The van der Waals surface area contributed by atoms with E-state index in [4.69, 9.17) is 17.8 Å². The summed E-state index contributed by atoms with van der Waals surface area (Å²) < 4.78 is 55.5. The van der Waals surface area contributed by atoms with E-state index in [0.717, 1.165) is 6.42 Å². The highest BCUT2D eigenvalue weighted by molar-refractivity contribution is 8.33. The van der Waals surface area contributed by atoms with Gasteiger partial charge in [-0.3, -0.25) is 4.79 Å². The molecule has 2 aliphatic rings. The van der Waals surface area contributed by atoms with Crippen molar-refractivity contribution in [2.45, 2.75) is 127 Å². The summed E-state index contributed by atoms with van der Waals surface area (Å²) in [7, 11) is -7.45. The normalized spacial score (nSPS) is 21.4. The topological polar surface area (TPSA) is 88.1 Å². The summed E-state index contributed by atoms with van der Waals surface area (Å²) in [5, 5.41) is 0. The van der Waals surface area contributed by atoms with Crippen LogP contribution in [0.5, 0.6) is 17.2 Å². The molecule has 0 N–H and O–H groups in total. The zero-order valence-corrected chi connectivity index (χ0v) is 32.6. The van der Waals surface area contributed by atoms with Gasteiger partial charge in [0.05, 0.1) is 11.2 Å². The minimum atomic E-state index is -4.37. The number of fused-ring (bicyclic) bond motifs is 2. The summed E-state index contributed by atoms with van der Waals surface area (Å²) in [6.07, 6.45) is 1.77. The summed E-state index contributed by atoms with van der Waals surface area (Å²) in [6.45, 7) is 21.8. The Morgan fingerprint density at radius 2 is 1.06 bits per heavy atom. The van der Waals surface area contributed by atoms with Crippen molar-refractivity contribution in [3.63, 3.8) is 0 Å². The molecule has 2 saturated carbocycles. The second-order valence-electron chi connectivity index (χ2n) is 17.1. The molecule has 49 heavy (non-hydrogen) atoms. The number of carbonyl (C=O) groups is 1. The first-order chi connectivity index (χ1) is 22.4. The van der Waals surface area contributed by atoms with Gasteiger partial charge in [-0.2, -0.15) is 8.42 Å². The number of rotatable bonds is 10. The van der Waals surface area contributed by atoms with Crippen LogP contribution >= 0.6 is 10.3 Å². The van der Waals surface area contributed by atoms with Gasteiger partial charge in [0.2, 0.25) is 0 Å². The van der Waals surface area contributed by atoms with E-state index >= 15 is 0 Å². The third kappa shape index (κ3) is 7.84. The Balaban J connectivity index is 1.79. The molecule has 3 aromatic rings. The lowest BCUT2D eigenvalue weighted by atomic mass is 9.70. The van der Waals surface area contributed by atoms with Gasteiger partial charge >= 0.3 is 0 Å². The first-order valence-electron chi connectivity index (χ1n) is 17.1. The number of Topliss-reactive ketones (excluding diaryl/α,β-unsaturated/α-hetero) is 1. The van der Waals surface area contributed by atoms with Crippen molar-refractivity contribution >= 4 is 26.2 Å². The van der Waals surface area contributed by atoms with E-state index in [1.54, 1.807) is 0 Å². The number of benzene rings is 3. The molecule has 0 amide bonds. The molecule has 9 heteroatoms. The zero-order chi connectivity index (χ0) is 36.3. The van der Waals surface area contributed by atoms with Crippen molar-refractivity contribution in [3.8, 4) is 17.2 Å². The van der Waals surface area contributed by atoms with E-state index in [-0.39, 0.29) is 17.5 Å². The summed E-state index contributed by atoms with van der Waals surface area (Å²) in [5.41, 5.74) is -2.97. The smallest absolute Gasteiger partial charge is 0.278 e. The lowest BCUT2D eigenvalue weighted by Gasteiger charge is -2.42. The third-order valence-corrected chi connectivity index (χ3v) is 14.7. The molecule has 3 aromatic carbocycles. The van der Waals surface area contributed by atoms with Gasteiger partial charge in [-0.25, -0.2) is 3.63 Å². The molecular formula is C40H54O7S2. The minimum Gasteiger partial charge on any atom is -0.488 e. The first kappa shape index (κ1) is 37.3. The van der Waals surface area contributed by atoms with Crippen molar-refractivity contribution in [2.24, 2.45) is 16.7 Å². The molecule has 2 fully saturated rings.